The van der Waals surface area contributed by atoms with Crippen molar-refractivity contribution in [3.8, 4) is 11.3 Å². The number of rotatable bonds is 9. The fourth-order valence-electron chi connectivity index (χ4n) is 4.55. The third-order valence-electron chi connectivity index (χ3n) is 6.71. The van der Waals surface area contributed by atoms with E-state index in [0.29, 0.717) is 37.6 Å². The molecule has 1 aliphatic heterocycles. The largest absolute Gasteiger partial charge is 0.326 e. The number of amides is 1. The third kappa shape index (κ3) is 6.50. The number of aryl methyl sites for hydroxylation is 2. The van der Waals surface area contributed by atoms with Crippen molar-refractivity contribution in [2.24, 2.45) is 0 Å². The number of benzene rings is 3. The van der Waals surface area contributed by atoms with Crippen LogP contribution in [0.4, 0.5) is 17.3 Å². The maximum atomic E-state index is 12.8. The van der Waals surface area contributed by atoms with Gasteiger partial charge in [0.05, 0.1) is 10.6 Å². The van der Waals surface area contributed by atoms with Crippen LogP contribution in [0.25, 0.3) is 11.3 Å². The summed E-state index contributed by atoms with van der Waals surface area (Å²) in [4.78, 5) is 21.7. The molecule has 4 aromatic rings. The van der Waals surface area contributed by atoms with Gasteiger partial charge < -0.3 is 10.6 Å². The van der Waals surface area contributed by atoms with Gasteiger partial charge in [0.2, 0.25) is 21.9 Å². The van der Waals surface area contributed by atoms with E-state index in [-0.39, 0.29) is 10.8 Å². The lowest BCUT2D eigenvalue weighted by atomic mass is 10.1. The molecule has 2 heterocycles. The minimum absolute atomic E-state index is 0.0319. The Balaban J connectivity index is 1.23. The van der Waals surface area contributed by atoms with Gasteiger partial charge in [0.15, 0.2) is 0 Å². The second-order valence-electron chi connectivity index (χ2n) is 9.60. The zero-order valence-electron chi connectivity index (χ0n) is 21.8. The maximum absolute atomic E-state index is 12.8. The highest BCUT2D eigenvalue weighted by atomic mass is 32.2. The summed E-state index contributed by atoms with van der Waals surface area (Å²) in [7, 11) is -3.46. The van der Waals surface area contributed by atoms with Gasteiger partial charge in [0.25, 0.3) is 0 Å². The SMILES string of the molecule is Cc1cnc(Nc2ccc(S(=O)(=O)N3CCCC3)cc2)nc1-c1ccc(NC(=O)CCc2ccccc2)cc1. The number of hydrogen-bond donors (Lipinski definition) is 2. The van der Waals surface area contributed by atoms with Crippen LogP contribution in [-0.2, 0) is 21.2 Å². The second kappa shape index (κ2) is 11.8. The van der Waals surface area contributed by atoms with E-state index < -0.39 is 10.0 Å². The van der Waals surface area contributed by atoms with E-state index in [4.69, 9.17) is 0 Å². The standard InChI is InChI=1S/C30H31N5O3S/c1-22-21-31-30(33-26-14-16-27(17-15-26)39(37,38)35-19-5-6-20-35)34-29(22)24-10-12-25(13-11-24)32-28(36)18-9-23-7-3-2-4-8-23/h2-4,7-8,10-17,21H,5-6,9,18-20H2,1H3,(H,32,36)(H,31,33,34). The first-order valence-corrected chi connectivity index (χ1v) is 14.5. The predicted molar refractivity (Wildman–Crippen MR) is 153 cm³/mol. The Morgan fingerprint density at radius 2 is 1.56 bits per heavy atom. The van der Waals surface area contributed by atoms with E-state index in [1.165, 1.54) is 4.31 Å². The van der Waals surface area contributed by atoms with E-state index in [1.807, 2.05) is 61.5 Å². The monoisotopic (exact) mass is 541 g/mol. The molecule has 0 aliphatic carbocycles. The minimum atomic E-state index is -3.46. The molecule has 3 aromatic carbocycles. The fourth-order valence-corrected chi connectivity index (χ4v) is 6.07. The van der Waals surface area contributed by atoms with Gasteiger partial charge in [-0.05, 0) is 73.7 Å². The van der Waals surface area contributed by atoms with Crippen molar-refractivity contribution in [2.45, 2.75) is 37.5 Å². The van der Waals surface area contributed by atoms with Crippen LogP contribution in [0.3, 0.4) is 0 Å². The Morgan fingerprint density at radius 1 is 0.897 bits per heavy atom. The van der Waals surface area contributed by atoms with Crippen molar-refractivity contribution >= 4 is 33.3 Å². The Bertz CT molecular complexity index is 1530. The molecule has 8 nitrogen and oxygen atoms in total. The van der Waals surface area contributed by atoms with Gasteiger partial charge in [-0.15, -0.1) is 0 Å². The Kier molecular flexibility index (Phi) is 7.99. The van der Waals surface area contributed by atoms with E-state index in [2.05, 4.69) is 20.6 Å². The molecule has 5 rings (SSSR count). The van der Waals surface area contributed by atoms with Gasteiger partial charge >= 0.3 is 0 Å². The summed E-state index contributed by atoms with van der Waals surface area (Å²) in [5, 5.41) is 6.12. The normalized spacial score (nSPS) is 13.8. The first-order valence-electron chi connectivity index (χ1n) is 13.0. The minimum Gasteiger partial charge on any atom is -0.326 e. The van der Waals surface area contributed by atoms with Gasteiger partial charge in [-0.1, -0.05) is 42.5 Å². The van der Waals surface area contributed by atoms with Crippen LogP contribution in [0, 0.1) is 6.92 Å². The van der Waals surface area contributed by atoms with Crippen LogP contribution in [0.5, 0.6) is 0 Å². The zero-order valence-corrected chi connectivity index (χ0v) is 22.6. The van der Waals surface area contributed by atoms with Crippen LogP contribution < -0.4 is 10.6 Å². The highest BCUT2D eigenvalue weighted by Gasteiger charge is 2.26. The Morgan fingerprint density at radius 3 is 2.26 bits per heavy atom. The average molecular weight is 542 g/mol. The molecule has 2 N–H and O–H groups in total. The first-order chi connectivity index (χ1) is 18.9. The number of sulfonamides is 1. The summed E-state index contributed by atoms with van der Waals surface area (Å²) >= 11 is 0. The molecule has 200 valence electrons. The van der Waals surface area contributed by atoms with Crippen molar-refractivity contribution in [3.63, 3.8) is 0 Å². The van der Waals surface area contributed by atoms with E-state index in [9.17, 15) is 13.2 Å². The molecule has 0 atom stereocenters. The summed E-state index contributed by atoms with van der Waals surface area (Å²) in [6.45, 7) is 3.09. The summed E-state index contributed by atoms with van der Waals surface area (Å²) in [5.41, 5.74) is 5.13. The second-order valence-corrected chi connectivity index (χ2v) is 11.5. The third-order valence-corrected chi connectivity index (χ3v) is 8.62. The van der Waals surface area contributed by atoms with Crippen LogP contribution in [0.2, 0.25) is 0 Å². The average Bonchev–Trinajstić information content (AvgIpc) is 3.51. The summed E-state index contributed by atoms with van der Waals surface area (Å²) in [5.74, 6) is 0.375. The molecule has 1 fully saturated rings. The van der Waals surface area contributed by atoms with E-state index in [1.54, 1.807) is 30.5 Å². The topological polar surface area (TPSA) is 104 Å². The molecule has 0 saturated carbocycles. The molecule has 1 amide bonds. The molecular formula is C30H31N5O3S. The van der Waals surface area contributed by atoms with Crippen molar-refractivity contribution in [3.05, 3.63) is 96.2 Å². The van der Waals surface area contributed by atoms with E-state index in [0.717, 1.165) is 40.9 Å². The van der Waals surface area contributed by atoms with Gasteiger partial charge in [0, 0.05) is 42.6 Å². The van der Waals surface area contributed by atoms with Gasteiger partial charge in [-0.25, -0.2) is 18.4 Å². The quantitative estimate of drug-likeness (QED) is 0.288. The van der Waals surface area contributed by atoms with Crippen molar-refractivity contribution in [1.82, 2.24) is 14.3 Å². The smallest absolute Gasteiger partial charge is 0.243 e. The van der Waals surface area contributed by atoms with Crippen molar-refractivity contribution < 1.29 is 13.2 Å². The van der Waals surface area contributed by atoms with Crippen molar-refractivity contribution in [2.75, 3.05) is 23.7 Å². The lowest BCUT2D eigenvalue weighted by molar-refractivity contribution is -0.116. The van der Waals surface area contributed by atoms with Crippen LogP contribution in [0.15, 0.2) is 90.0 Å². The van der Waals surface area contributed by atoms with Gasteiger partial charge in [0.1, 0.15) is 0 Å². The zero-order chi connectivity index (χ0) is 27.2. The van der Waals surface area contributed by atoms with Crippen LogP contribution in [-0.4, -0.2) is 41.7 Å². The number of carbonyl (C=O) groups is 1. The summed E-state index contributed by atoms with van der Waals surface area (Å²) in [6.07, 6.45) is 4.65. The number of carbonyl (C=O) groups excluding carboxylic acids is 1. The Labute approximate surface area is 229 Å². The molecule has 9 heteroatoms. The van der Waals surface area contributed by atoms with Crippen LogP contribution >= 0.6 is 0 Å². The number of anilines is 3. The molecule has 1 saturated heterocycles. The highest BCUT2D eigenvalue weighted by Crippen LogP contribution is 2.26. The Hall–Kier alpha value is -4.08. The lowest BCUT2D eigenvalue weighted by Crippen LogP contribution is -2.27. The molecule has 1 aliphatic rings. The molecule has 0 unspecified atom stereocenters. The first kappa shape index (κ1) is 26.5. The number of nitrogens with zero attached hydrogens (tertiary/aromatic N) is 3. The summed E-state index contributed by atoms with van der Waals surface area (Å²) in [6, 6.07) is 24.2. The molecule has 39 heavy (non-hydrogen) atoms. The fraction of sp³-hybridized carbons (Fsp3) is 0.233. The van der Waals surface area contributed by atoms with Gasteiger partial charge in [-0.3, -0.25) is 4.79 Å². The number of aromatic nitrogens is 2. The highest BCUT2D eigenvalue weighted by molar-refractivity contribution is 7.89. The molecule has 0 bridgehead atoms. The van der Waals surface area contributed by atoms with Crippen molar-refractivity contribution in [1.29, 1.82) is 0 Å². The lowest BCUT2D eigenvalue weighted by Gasteiger charge is -2.15. The van der Waals surface area contributed by atoms with Crippen LogP contribution in [0.1, 0.15) is 30.4 Å². The van der Waals surface area contributed by atoms with E-state index >= 15 is 0 Å². The molecular weight excluding hydrogens is 510 g/mol. The number of nitrogens with one attached hydrogen (secondary N) is 2. The number of hydrogen-bond acceptors (Lipinski definition) is 6. The maximum Gasteiger partial charge on any atom is 0.243 e. The predicted octanol–water partition coefficient (Wildman–Crippen LogP) is 5.55. The molecule has 0 spiro atoms. The molecule has 0 radical (unpaired) electrons. The molecule has 1 aromatic heterocycles. The summed E-state index contributed by atoms with van der Waals surface area (Å²) < 4.78 is 27.1. The van der Waals surface area contributed by atoms with Gasteiger partial charge in [-0.2, -0.15) is 4.31 Å².